The minimum Gasteiger partial charge on any atom is -0.481 e. The highest BCUT2D eigenvalue weighted by Gasteiger charge is 2.65. The summed E-state index contributed by atoms with van der Waals surface area (Å²) in [4.78, 5) is 28.6. The van der Waals surface area contributed by atoms with Gasteiger partial charge in [-0.15, -0.1) is 0 Å². The van der Waals surface area contributed by atoms with Crippen LogP contribution >= 0.6 is 0 Å². The number of carboxylic acids is 2. The summed E-state index contributed by atoms with van der Waals surface area (Å²) in [5, 5.41) is 24.6. The highest BCUT2D eigenvalue weighted by molar-refractivity contribution is 5.84. The van der Waals surface area contributed by atoms with E-state index in [-0.39, 0.29) is 17.4 Å². The van der Waals surface area contributed by atoms with Crippen LogP contribution in [0.3, 0.4) is 0 Å². The van der Waals surface area contributed by atoms with E-state index in [0.717, 1.165) is 32.0 Å². The second kappa shape index (κ2) is 12.8. The number of benzene rings is 3. The molecule has 5 atom stereocenters. The number of nitrogens with zero attached hydrogens (tertiary/aromatic N) is 1. The van der Waals surface area contributed by atoms with Crippen molar-refractivity contribution >= 4 is 11.9 Å². The third-order valence-electron chi connectivity index (χ3n) is 11.2. The Morgan fingerprint density at radius 1 is 0.826 bits per heavy atom. The smallest absolute Gasteiger partial charge is 0.416 e. The van der Waals surface area contributed by atoms with E-state index in [0.29, 0.717) is 13.0 Å². The molecule has 0 bridgehead atoms. The molecule has 0 saturated carbocycles. The van der Waals surface area contributed by atoms with Gasteiger partial charge in [-0.1, -0.05) is 78.9 Å². The highest BCUT2D eigenvalue weighted by atomic mass is 19.4. The number of hydrogen-bond acceptors (Lipinski definition) is 4. The summed E-state index contributed by atoms with van der Waals surface area (Å²) in [6.45, 7) is 6.73. The molecule has 9 heteroatoms. The Kier molecular flexibility index (Phi) is 9.40. The van der Waals surface area contributed by atoms with Gasteiger partial charge in [-0.25, -0.2) is 0 Å². The van der Waals surface area contributed by atoms with Crippen LogP contribution in [0.5, 0.6) is 0 Å². The van der Waals surface area contributed by atoms with E-state index < -0.39 is 52.5 Å². The second-order valence-corrected chi connectivity index (χ2v) is 13.3. The lowest BCUT2D eigenvalue weighted by atomic mass is 9.50. The van der Waals surface area contributed by atoms with Crippen molar-refractivity contribution in [3.05, 3.63) is 107 Å². The molecule has 5 rings (SSSR count). The average Bonchev–Trinajstić information content (AvgIpc) is 3.04. The van der Waals surface area contributed by atoms with Crippen LogP contribution in [0.15, 0.2) is 84.9 Å². The van der Waals surface area contributed by atoms with E-state index in [9.17, 15) is 33.0 Å². The van der Waals surface area contributed by atoms with Gasteiger partial charge in [-0.05, 0) is 88.8 Å². The summed E-state index contributed by atoms with van der Waals surface area (Å²) in [7, 11) is 0. The topological polar surface area (TPSA) is 89.9 Å². The molecule has 2 saturated heterocycles. The summed E-state index contributed by atoms with van der Waals surface area (Å²) in [5.41, 5.74) is -2.57. The molecule has 2 aliphatic heterocycles. The first kappa shape index (κ1) is 33.7. The fourth-order valence-electron chi connectivity index (χ4n) is 8.44. The first-order chi connectivity index (χ1) is 21.8. The molecule has 2 heterocycles. The number of piperidine rings is 2. The van der Waals surface area contributed by atoms with Gasteiger partial charge in [0.15, 0.2) is 0 Å². The normalized spacial score (nSPS) is 28.4. The van der Waals surface area contributed by atoms with Gasteiger partial charge in [-0.3, -0.25) is 9.59 Å². The summed E-state index contributed by atoms with van der Waals surface area (Å²) in [5.74, 6) is -4.06. The van der Waals surface area contributed by atoms with E-state index in [1.807, 2.05) is 12.1 Å². The molecular weight excluding hydrogens is 593 g/mol. The van der Waals surface area contributed by atoms with Gasteiger partial charge in [0.1, 0.15) is 0 Å². The minimum atomic E-state index is -4.78. The fraction of sp³-hybridized carbons (Fsp3) is 0.459. The Bertz CT molecular complexity index is 1480. The van der Waals surface area contributed by atoms with Crippen LogP contribution in [0.25, 0.3) is 0 Å². The van der Waals surface area contributed by atoms with E-state index in [1.165, 1.54) is 36.2 Å². The Labute approximate surface area is 268 Å². The van der Waals surface area contributed by atoms with Crippen LogP contribution in [0.4, 0.5) is 13.2 Å². The zero-order valence-corrected chi connectivity index (χ0v) is 26.6. The number of rotatable bonds is 9. The lowest BCUT2D eigenvalue weighted by molar-refractivity contribution is -0.173. The number of carboxylic acid groups (broad SMARTS) is 2. The molecule has 246 valence electrons. The molecule has 2 fully saturated rings. The van der Waals surface area contributed by atoms with Crippen LogP contribution in [0.2, 0.25) is 0 Å². The van der Waals surface area contributed by atoms with Crippen LogP contribution in [-0.4, -0.2) is 58.8 Å². The number of likely N-dealkylation sites (tertiary alicyclic amines) is 1. The van der Waals surface area contributed by atoms with Crippen LogP contribution in [0, 0.1) is 10.8 Å². The molecule has 3 N–H and O–H groups in total. The molecule has 0 aromatic heterocycles. The van der Waals surface area contributed by atoms with Gasteiger partial charge in [-0.2, -0.15) is 13.2 Å². The van der Waals surface area contributed by atoms with Crippen LogP contribution in [0.1, 0.15) is 74.6 Å². The lowest BCUT2D eigenvalue weighted by Gasteiger charge is -2.56. The predicted molar refractivity (Wildman–Crippen MR) is 171 cm³/mol. The summed E-state index contributed by atoms with van der Waals surface area (Å²) < 4.78 is 43.2. The molecular formula is C37H43F3N2O4. The van der Waals surface area contributed by atoms with E-state index in [2.05, 4.69) is 58.7 Å². The monoisotopic (exact) mass is 636 g/mol. The molecule has 3 aromatic rings. The van der Waals surface area contributed by atoms with Crippen molar-refractivity contribution in [1.82, 2.24) is 10.2 Å². The van der Waals surface area contributed by atoms with Crippen LogP contribution in [-0.2, 0) is 21.2 Å². The van der Waals surface area contributed by atoms with Crippen molar-refractivity contribution in [2.45, 2.75) is 76.0 Å². The number of hydrogen-bond donors (Lipinski definition) is 3. The summed E-state index contributed by atoms with van der Waals surface area (Å²) >= 11 is 0. The van der Waals surface area contributed by atoms with Gasteiger partial charge in [0.05, 0.1) is 16.4 Å². The van der Waals surface area contributed by atoms with Gasteiger partial charge in [0, 0.05) is 23.4 Å². The maximum Gasteiger partial charge on any atom is 0.416 e. The zero-order valence-electron chi connectivity index (χ0n) is 26.6. The summed E-state index contributed by atoms with van der Waals surface area (Å²) in [6, 6.07) is 24.2. The largest absolute Gasteiger partial charge is 0.481 e. The highest BCUT2D eigenvalue weighted by Crippen LogP contribution is 2.59. The molecule has 0 spiro atoms. The van der Waals surface area contributed by atoms with Crippen molar-refractivity contribution in [1.29, 1.82) is 0 Å². The molecule has 6 nitrogen and oxygen atoms in total. The van der Waals surface area contributed by atoms with Crippen molar-refractivity contribution in [3.63, 3.8) is 0 Å². The lowest BCUT2D eigenvalue weighted by Crippen LogP contribution is -2.69. The molecule has 4 unspecified atom stereocenters. The second-order valence-electron chi connectivity index (χ2n) is 13.3. The Morgan fingerprint density at radius 2 is 1.35 bits per heavy atom. The Morgan fingerprint density at radius 3 is 1.85 bits per heavy atom. The molecule has 0 radical (unpaired) electrons. The molecule has 0 amide bonds. The standard InChI is InChI=1S/C37H43F3N2O4/c1-25-34(3,32(43)44)31(29-17-10-11-18-30(29)37(38,39)40)36(33(45)46,26(2)41-25)19-12-22-42-23-20-35(21-24-42,27-13-6-4-7-14-27)28-15-8-5-9-16-28/h4-11,13-18,25-26,31,41H,12,19-24H2,1-3H3,(H,43,44)(H,45,46)/t25-,26?,31?,34?,36?/m1/s1. The zero-order chi connectivity index (χ0) is 33.3. The maximum absolute atomic E-state index is 14.4. The molecule has 2 aliphatic rings. The number of carbonyl (C=O) groups is 2. The summed E-state index contributed by atoms with van der Waals surface area (Å²) in [6.07, 6.45) is -2.66. The maximum atomic E-state index is 14.4. The van der Waals surface area contributed by atoms with Crippen LogP contribution < -0.4 is 5.32 Å². The van der Waals surface area contributed by atoms with Crippen molar-refractivity contribution in [2.75, 3.05) is 19.6 Å². The quantitative estimate of drug-likeness (QED) is 0.230. The number of aliphatic carboxylic acids is 2. The van der Waals surface area contributed by atoms with Crippen molar-refractivity contribution < 1.29 is 33.0 Å². The third-order valence-corrected chi connectivity index (χ3v) is 11.2. The van der Waals surface area contributed by atoms with E-state index >= 15 is 0 Å². The predicted octanol–water partition coefficient (Wildman–Crippen LogP) is 7.19. The molecule has 0 aliphatic carbocycles. The first-order valence-electron chi connectivity index (χ1n) is 16.0. The number of nitrogens with one attached hydrogen (secondary N) is 1. The number of alkyl halides is 3. The third kappa shape index (κ3) is 5.72. The first-order valence-corrected chi connectivity index (χ1v) is 16.0. The Balaban J connectivity index is 1.44. The van der Waals surface area contributed by atoms with Gasteiger partial charge < -0.3 is 20.4 Å². The Hall–Kier alpha value is -3.69. The number of halogens is 3. The van der Waals surface area contributed by atoms with E-state index in [4.69, 9.17) is 0 Å². The average molecular weight is 637 g/mol. The van der Waals surface area contributed by atoms with Gasteiger partial charge in [0.2, 0.25) is 0 Å². The van der Waals surface area contributed by atoms with Crippen molar-refractivity contribution in [2.24, 2.45) is 10.8 Å². The molecule has 46 heavy (non-hydrogen) atoms. The van der Waals surface area contributed by atoms with E-state index in [1.54, 1.807) is 13.8 Å². The van der Waals surface area contributed by atoms with Crippen molar-refractivity contribution in [3.8, 4) is 0 Å². The minimum absolute atomic E-state index is 0.0158. The van der Waals surface area contributed by atoms with Gasteiger partial charge in [0.25, 0.3) is 0 Å². The fourth-order valence-corrected chi connectivity index (χ4v) is 8.44. The molecule has 3 aromatic carbocycles. The SMILES string of the molecule is CC1N[C@H](C)C(C)(C(=O)O)C(c2ccccc2C(F)(F)F)C1(CCCN1CCC(c2ccccc2)(c2ccccc2)CC1)C(=O)O. The van der Waals surface area contributed by atoms with Gasteiger partial charge >= 0.3 is 18.1 Å².